The fourth-order valence-corrected chi connectivity index (χ4v) is 4.62. The first-order valence-electron chi connectivity index (χ1n) is 7.90. The Balaban J connectivity index is 2.01. The number of nitrogens with zero attached hydrogens (tertiary/aromatic N) is 2. The first-order valence-corrected chi connectivity index (χ1v) is 8.34. The van der Waals surface area contributed by atoms with Gasteiger partial charge in [0.2, 0.25) is 0 Å². The maximum absolute atomic E-state index is 14.2. The molecule has 0 aromatic heterocycles. The van der Waals surface area contributed by atoms with E-state index in [0.717, 1.165) is 12.8 Å². The van der Waals surface area contributed by atoms with Crippen LogP contribution >= 0.6 is 11.6 Å². The van der Waals surface area contributed by atoms with Crippen LogP contribution in [-0.4, -0.2) is 43.3 Å². The summed E-state index contributed by atoms with van der Waals surface area (Å²) in [5.74, 6) is -0.261. The Morgan fingerprint density at radius 1 is 1.14 bits per heavy atom. The van der Waals surface area contributed by atoms with Crippen molar-refractivity contribution in [1.29, 1.82) is 5.26 Å². The smallest absolute Gasteiger partial charge is 0.116 e. The van der Waals surface area contributed by atoms with Crippen LogP contribution in [0.4, 0.5) is 8.78 Å². The molecule has 2 fully saturated rings. The van der Waals surface area contributed by atoms with Crippen LogP contribution in [0.15, 0.2) is 0 Å². The van der Waals surface area contributed by atoms with Crippen LogP contribution < -0.4 is 0 Å². The Bertz CT molecular complexity index is 385. The largest absolute Gasteiger partial charge is 0.309 e. The normalized spacial score (nSPS) is 44.5. The highest BCUT2D eigenvalue weighted by molar-refractivity contribution is 6.21. The summed E-state index contributed by atoms with van der Waals surface area (Å²) < 4.78 is 28.2. The van der Waals surface area contributed by atoms with Crippen molar-refractivity contribution < 1.29 is 8.78 Å². The summed E-state index contributed by atoms with van der Waals surface area (Å²) in [5, 5.41) is 8.69. The second kappa shape index (κ2) is 7.24. The molecule has 2 saturated carbocycles. The highest BCUT2D eigenvalue weighted by Crippen LogP contribution is 2.45. The van der Waals surface area contributed by atoms with Gasteiger partial charge in [-0.2, -0.15) is 5.26 Å². The lowest BCUT2D eigenvalue weighted by Crippen LogP contribution is -2.46. The summed E-state index contributed by atoms with van der Waals surface area (Å²) in [6.45, 7) is 0.637. The molecule has 0 aliphatic heterocycles. The second-order valence-electron chi connectivity index (χ2n) is 6.95. The average Bonchev–Trinajstić information content (AvgIpc) is 2.43. The van der Waals surface area contributed by atoms with Crippen LogP contribution in [-0.2, 0) is 0 Å². The fraction of sp³-hybridized carbons (Fsp3) is 0.938. The molecule has 2 nitrogen and oxygen atoms in total. The predicted molar refractivity (Wildman–Crippen MR) is 80.6 cm³/mol. The van der Waals surface area contributed by atoms with Crippen LogP contribution in [0.1, 0.15) is 32.1 Å². The Labute approximate surface area is 131 Å². The third-order valence-corrected chi connectivity index (χ3v) is 5.87. The van der Waals surface area contributed by atoms with E-state index < -0.39 is 18.3 Å². The van der Waals surface area contributed by atoms with Crippen molar-refractivity contribution in [1.82, 2.24) is 4.90 Å². The van der Waals surface area contributed by atoms with Crippen molar-refractivity contribution in [3.8, 4) is 6.07 Å². The number of halogens is 3. The van der Waals surface area contributed by atoms with Crippen molar-refractivity contribution in [2.45, 2.75) is 49.8 Å². The fourth-order valence-electron chi connectivity index (χ4n) is 4.05. The molecule has 21 heavy (non-hydrogen) atoms. The highest BCUT2D eigenvalue weighted by atomic mass is 35.5. The zero-order chi connectivity index (χ0) is 15.6. The Hall–Kier alpha value is -0.400. The van der Waals surface area contributed by atoms with E-state index in [1.807, 2.05) is 19.0 Å². The third kappa shape index (κ3) is 3.87. The lowest BCUT2D eigenvalue weighted by atomic mass is 9.67. The predicted octanol–water partition coefficient (Wildman–Crippen LogP) is 3.80. The van der Waals surface area contributed by atoms with E-state index in [1.165, 1.54) is 0 Å². The molecule has 0 N–H and O–H groups in total. The number of alkyl halides is 3. The zero-order valence-corrected chi connectivity index (χ0v) is 13.6. The van der Waals surface area contributed by atoms with Crippen LogP contribution in [0.3, 0.4) is 0 Å². The van der Waals surface area contributed by atoms with Crippen molar-refractivity contribution >= 4 is 11.6 Å². The summed E-state index contributed by atoms with van der Waals surface area (Å²) in [7, 11) is 3.85. The molecule has 5 heteroatoms. The molecule has 2 rings (SSSR count). The molecule has 0 bridgehead atoms. The van der Waals surface area contributed by atoms with E-state index in [-0.39, 0.29) is 23.1 Å². The van der Waals surface area contributed by atoms with Crippen molar-refractivity contribution in [3.63, 3.8) is 0 Å². The number of hydrogen-bond donors (Lipinski definition) is 0. The highest BCUT2D eigenvalue weighted by Gasteiger charge is 2.44. The van der Waals surface area contributed by atoms with E-state index in [9.17, 15) is 8.78 Å². The summed E-state index contributed by atoms with van der Waals surface area (Å²) >= 11 is 6.58. The molecule has 7 atom stereocenters. The Kier molecular flexibility index (Phi) is 5.85. The minimum Gasteiger partial charge on any atom is -0.309 e. The van der Waals surface area contributed by atoms with Crippen LogP contribution in [0.5, 0.6) is 0 Å². The van der Waals surface area contributed by atoms with E-state index in [2.05, 4.69) is 6.07 Å². The van der Waals surface area contributed by atoms with Crippen molar-refractivity contribution in [2.75, 3.05) is 20.6 Å². The minimum atomic E-state index is -1.05. The lowest BCUT2D eigenvalue weighted by Gasteiger charge is -2.43. The van der Waals surface area contributed by atoms with Gasteiger partial charge in [0, 0.05) is 17.8 Å². The first-order chi connectivity index (χ1) is 9.93. The third-order valence-electron chi connectivity index (χ3n) is 5.22. The average molecular weight is 319 g/mol. The van der Waals surface area contributed by atoms with Gasteiger partial charge in [-0.3, -0.25) is 0 Å². The standard InChI is InChI=1S/C16H25ClF2N2/c1-21(2)9-13-14(18)6-5-12(16(13)17)10-3-4-11(8-20)15(19)7-10/h10-16H,3-7,9H2,1-2H3. The monoisotopic (exact) mass is 318 g/mol. The summed E-state index contributed by atoms with van der Waals surface area (Å²) in [4.78, 5) is 1.97. The molecule has 120 valence electrons. The van der Waals surface area contributed by atoms with Crippen LogP contribution in [0, 0.1) is 35.0 Å². The summed E-state index contributed by atoms with van der Waals surface area (Å²) in [6, 6.07) is 2.06. The second-order valence-corrected chi connectivity index (χ2v) is 7.46. The Morgan fingerprint density at radius 2 is 1.86 bits per heavy atom. The van der Waals surface area contributed by atoms with Gasteiger partial charge in [0.25, 0.3) is 0 Å². The lowest BCUT2D eigenvalue weighted by molar-refractivity contribution is 0.0531. The molecular formula is C16H25ClF2N2. The molecular weight excluding hydrogens is 294 g/mol. The van der Waals surface area contributed by atoms with Crippen molar-refractivity contribution in [2.24, 2.45) is 23.7 Å². The minimum absolute atomic E-state index is 0.174. The van der Waals surface area contributed by atoms with Gasteiger partial charge in [-0.05, 0) is 58.0 Å². The number of rotatable bonds is 3. The molecule has 7 unspecified atom stereocenters. The summed E-state index contributed by atoms with van der Waals surface area (Å²) in [6.07, 6.45) is 1.24. The molecule has 0 heterocycles. The van der Waals surface area contributed by atoms with Crippen LogP contribution in [0.2, 0.25) is 0 Å². The first kappa shape index (κ1) is 17.0. The number of hydrogen-bond acceptors (Lipinski definition) is 2. The van der Waals surface area contributed by atoms with Gasteiger partial charge in [0.1, 0.15) is 12.3 Å². The van der Waals surface area contributed by atoms with E-state index >= 15 is 0 Å². The van der Waals surface area contributed by atoms with Gasteiger partial charge >= 0.3 is 0 Å². The quantitative estimate of drug-likeness (QED) is 0.740. The van der Waals surface area contributed by atoms with E-state index in [1.54, 1.807) is 0 Å². The van der Waals surface area contributed by atoms with Crippen LogP contribution in [0.25, 0.3) is 0 Å². The SMILES string of the molecule is CN(C)CC1C(F)CCC(C2CCC(C#N)C(F)C2)C1Cl. The van der Waals surface area contributed by atoms with Gasteiger partial charge in [-0.1, -0.05) is 0 Å². The molecule has 0 spiro atoms. The Morgan fingerprint density at radius 3 is 2.43 bits per heavy atom. The van der Waals surface area contributed by atoms with Gasteiger partial charge < -0.3 is 4.90 Å². The molecule has 0 radical (unpaired) electrons. The molecule has 0 aromatic carbocycles. The number of nitriles is 1. The van der Waals surface area contributed by atoms with Gasteiger partial charge in [0.05, 0.1) is 12.0 Å². The maximum atomic E-state index is 14.2. The van der Waals surface area contributed by atoms with E-state index in [4.69, 9.17) is 16.9 Å². The molecule has 0 aromatic rings. The maximum Gasteiger partial charge on any atom is 0.116 e. The summed E-state index contributed by atoms with van der Waals surface area (Å²) in [5.41, 5.74) is 0. The van der Waals surface area contributed by atoms with Gasteiger partial charge in [-0.25, -0.2) is 8.78 Å². The van der Waals surface area contributed by atoms with Crippen molar-refractivity contribution in [3.05, 3.63) is 0 Å². The van der Waals surface area contributed by atoms with Gasteiger partial charge in [-0.15, -0.1) is 11.6 Å². The topological polar surface area (TPSA) is 27.0 Å². The molecule has 2 aliphatic rings. The molecule has 2 aliphatic carbocycles. The zero-order valence-electron chi connectivity index (χ0n) is 12.8. The molecule has 0 saturated heterocycles. The van der Waals surface area contributed by atoms with E-state index in [0.29, 0.717) is 25.8 Å². The molecule has 0 amide bonds. The van der Waals surface area contributed by atoms with Gasteiger partial charge in [0.15, 0.2) is 0 Å².